The Labute approximate surface area is 185 Å². The summed E-state index contributed by atoms with van der Waals surface area (Å²) in [6, 6.07) is 13.8. The van der Waals surface area contributed by atoms with E-state index >= 15 is 0 Å². The predicted molar refractivity (Wildman–Crippen MR) is 127 cm³/mol. The number of nitrogens with zero attached hydrogens (tertiary/aromatic N) is 5. The number of aromatic nitrogens is 4. The van der Waals surface area contributed by atoms with E-state index in [2.05, 4.69) is 43.8 Å². The van der Waals surface area contributed by atoms with Crippen molar-refractivity contribution in [2.75, 3.05) is 18.2 Å². The molecule has 0 unspecified atom stereocenters. The van der Waals surface area contributed by atoms with Crippen LogP contribution in [-0.4, -0.2) is 41.2 Å². The van der Waals surface area contributed by atoms with Crippen molar-refractivity contribution in [3.8, 4) is 11.1 Å². The second-order valence-electron chi connectivity index (χ2n) is 7.79. The second kappa shape index (κ2) is 7.42. The van der Waals surface area contributed by atoms with Crippen molar-refractivity contribution in [3.05, 3.63) is 73.4 Å². The lowest BCUT2D eigenvalue weighted by Gasteiger charge is -2.23. The van der Waals surface area contributed by atoms with Crippen molar-refractivity contribution in [3.63, 3.8) is 0 Å². The Morgan fingerprint density at radius 1 is 0.969 bits per heavy atom. The quantitative estimate of drug-likeness (QED) is 0.411. The lowest BCUT2D eigenvalue weighted by atomic mass is 10.0. The van der Waals surface area contributed by atoms with Gasteiger partial charge in [-0.3, -0.25) is 15.0 Å². The fourth-order valence-electron chi connectivity index (χ4n) is 3.98. The maximum Gasteiger partial charge on any atom is 0.177 e. The lowest BCUT2D eigenvalue weighted by Crippen LogP contribution is -2.14. The molecule has 0 fully saturated rings. The maximum atomic E-state index is 12.3. The number of anilines is 2. The zero-order valence-corrected chi connectivity index (χ0v) is 18.7. The number of hydrogen-bond acceptors (Lipinski definition) is 6. The van der Waals surface area contributed by atoms with E-state index in [1.165, 1.54) is 18.5 Å². The molecule has 0 aliphatic carbocycles. The van der Waals surface area contributed by atoms with Gasteiger partial charge in [-0.15, -0.1) is 0 Å². The molecule has 32 heavy (non-hydrogen) atoms. The Balaban J connectivity index is 1.74. The van der Waals surface area contributed by atoms with Gasteiger partial charge < -0.3 is 9.47 Å². The lowest BCUT2D eigenvalue weighted by molar-refractivity contribution is 0.602. The first kappa shape index (κ1) is 20.1. The number of benzene rings is 2. The molecule has 160 valence electrons. The molecule has 0 N–H and O–H groups in total. The minimum Gasteiger partial charge on any atom is -0.351 e. The summed E-state index contributed by atoms with van der Waals surface area (Å²) in [5, 5.41) is 1.16. The van der Waals surface area contributed by atoms with Gasteiger partial charge in [0, 0.05) is 61.9 Å². The molecule has 0 saturated carbocycles. The van der Waals surface area contributed by atoms with Crippen LogP contribution in [0.4, 0.5) is 11.4 Å². The average molecular weight is 444 g/mol. The summed E-state index contributed by atoms with van der Waals surface area (Å²) in [5.74, 6) is 0. The second-order valence-corrected chi connectivity index (χ2v) is 9.78. The van der Waals surface area contributed by atoms with Crippen molar-refractivity contribution >= 4 is 43.1 Å². The third kappa shape index (κ3) is 3.38. The van der Waals surface area contributed by atoms with Gasteiger partial charge in [0.05, 0.1) is 27.8 Å². The summed E-state index contributed by atoms with van der Waals surface area (Å²) in [7, 11) is 0.418. The van der Waals surface area contributed by atoms with E-state index in [-0.39, 0.29) is 4.90 Å². The highest BCUT2D eigenvalue weighted by molar-refractivity contribution is 7.90. The first-order valence-corrected chi connectivity index (χ1v) is 11.9. The molecule has 0 aliphatic rings. The number of pyridine rings is 1. The van der Waals surface area contributed by atoms with E-state index in [9.17, 15) is 8.42 Å². The highest BCUT2D eigenvalue weighted by atomic mass is 32.2. The number of sulfone groups is 1. The summed E-state index contributed by atoms with van der Waals surface area (Å²) in [5.41, 5.74) is 5.85. The molecule has 0 bridgehead atoms. The van der Waals surface area contributed by atoms with Crippen LogP contribution >= 0.6 is 0 Å². The van der Waals surface area contributed by atoms with Crippen molar-refractivity contribution in [2.45, 2.75) is 4.90 Å². The molecular formula is C24H21N5O2S. The van der Waals surface area contributed by atoms with Crippen LogP contribution < -0.4 is 4.90 Å². The highest BCUT2D eigenvalue weighted by Gasteiger charge is 2.19. The average Bonchev–Trinajstić information content (AvgIpc) is 3.17. The Kier molecular flexibility index (Phi) is 4.67. The zero-order chi connectivity index (χ0) is 22.5. The van der Waals surface area contributed by atoms with Gasteiger partial charge in [0.1, 0.15) is 0 Å². The van der Waals surface area contributed by atoms with Crippen molar-refractivity contribution in [1.29, 1.82) is 0 Å². The fraction of sp³-hybridized carbons (Fsp3) is 0.125. The van der Waals surface area contributed by atoms with Gasteiger partial charge in [-0.05, 0) is 41.3 Å². The van der Waals surface area contributed by atoms with Gasteiger partial charge in [-0.1, -0.05) is 12.1 Å². The van der Waals surface area contributed by atoms with Crippen LogP contribution in [-0.2, 0) is 16.9 Å². The summed E-state index contributed by atoms with van der Waals surface area (Å²) in [6.07, 6.45) is 9.62. The third-order valence-corrected chi connectivity index (χ3v) is 6.81. The summed E-state index contributed by atoms with van der Waals surface area (Å²) in [6.45, 7) is 0. The third-order valence-electron chi connectivity index (χ3n) is 5.67. The number of aryl methyl sites for hydroxylation is 1. The van der Waals surface area contributed by atoms with E-state index < -0.39 is 9.84 Å². The Morgan fingerprint density at radius 2 is 1.78 bits per heavy atom. The smallest absolute Gasteiger partial charge is 0.177 e. The van der Waals surface area contributed by atoms with E-state index in [0.29, 0.717) is 5.69 Å². The van der Waals surface area contributed by atoms with Gasteiger partial charge >= 0.3 is 0 Å². The van der Waals surface area contributed by atoms with Gasteiger partial charge in [-0.25, -0.2) is 8.42 Å². The van der Waals surface area contributed by atoms with E-state index in [1.807, 2.05) is 37.3 Å². The normalized spacial score (nSPS) is 11.8. The minimum atomic E-state index is -3.43. The predicted octanol–water partition coefficient (Wildman–Crippen LogP) is 4.35. The standard InChI is InChI=1S/C24H21N5O2S/c1-28-11-7-16-4-5-17(12-21(16)28)19-13-18(14-20-24(19)27-10-9-26-20)29(2)22-15-25-8-6-23(22)32(3,30)31/h4-15H,1-3H3. The first-order chi connectivity index (χ1) is 15.3. The molecule has 0 amide bonds. The minimum absolute atomic E-state index is 0.223. The summed E-state index contributed by atoms with van der Waals surface area (Å²) >= 11 is 0. The largest absolute Gasteiger partial charge is 0.351 e. The van der Waals surface area contributed by atoms with E-state index in [4.69, 9.17) is 0 Å². The monoisotopic (exact) mass is 443 g/mol. The number of hydrogen-bond donors (Lipinski definition) is 0. The summed E-state index contributed by atoms with van der Waals surface area (Å²) in [4.78, 5) is 15.3. The molecule has 0 aliphatic heterocycles. The molecule has 5 aromatic rings. The van der Waals surface area contributed by atoms with Crippen molar-refractivity contribution < 1.29 is 8.42 Å². The molecule has 8 heteroatoms. The Hall–Kier alpha value is -3.78. The van der Waals surface area contributed by atoms with Gasteiger partial charge in [-0.2, -0.15) is 0 Å². The van der Waals surface area contributed by atoms with Gasteiger partial charge in [0.15, 0.2) is 9.84 Å². The van der Waals surface area contributed by atoms with Crippen LogP contribution in [0.15, 0.2) is 78.3 Å². The maximum absolute atomic E-state index is 12.3. The molecule has 3 heterocycles. The molecule has 5 rings (SSSR count). The van der Waals surface area contributed by atoms with Crippen LogP contribution in [0.25, 0.3) is 33.1 Å². The van der Waals surface area contributed by atoms with Crippen LogP contribution in [0, 0.1) is 0 Å². The van der Waals surface area contributed by atoms with Gasteiger partial charge in [0.2, 0.25) is 0 Å². The van der Waals surface area contributed by atoms with Crippen LogP contribution in [0.5, 0.6) is 0 Å². The van der Waals surface area contributed by atoms with Crippen LogP contribution in [0.2, 0.25) is 0 Å². The number of rotatable bonds is 4. The molecule has 3 aromatic heterocycles. The highest BCUT2D eigenvalue weighted by Crippen LogP contribution is 2.36. The first-order valence-electron chi connectivity index (χ1n) is 10.0. The summed E-state index contributed by atoms with van der Waals surface area (Å²) < 4.78 is 26.8. The SMILES string of the molecule is CN(c1cc(-c2ccc3ccn(C)c3c2)c2nccnc2c1)c1cnccc1S(C)(=O)=O. The molecular weight excluding hydrogens is 422 g/mol. The number of fused-ring (bicyclic) bond motifs is 2. The Bertz CT molecular complexity index is 1590. The van der Waals surface area contributed by atoms with Crippen LogP contribution in [0.1, 0.15) is 0 Å². The van der Waals surface area contributed by atoms with E-state index in [1.54, 1.807) is 18.6 Å². The Morgan fingerprint density at radius 3 is 2.59 bits per heavy atom. The van der Waals surface area contributed by atoms with E-state index in [0.717, 1.165) is 38.8 Å². The molecule has 0 spiro atoms. The molecule has 2 aromatic carbocycles. The molecule has 0 saturated heterocycles. The topological polar surface area (TPSA) is 81.0 Å². The van der Waals surface area contributed by atoms with Crippen molar-refractivity contribution in [2.24, 2.45) is 7.05 Å². The molecule has 0 radical (unpaired) electrons. The van der Waals surface area contributed by atoms with Gasteiger partial charge in [0.25, 0.3) is 0 Å². The molecule has 0 atom stereocenters. The van der Waals surface area contributed by atoms with Crippen molar-refractivity contribution in [1.82, 2.24) is 19.5 Å². The fourth-order valence-corrected chi connectivity index (χ4v) is 4.86. The van der Waals surface area contributed by atoms with Crippen LogP contribution in [0.3, 0.4) is 0 Å². The zero-order valence-electron chi connectivity index (χ0n) is 17.9. The molecule has 7 nitrogen and oxygen atoms in total.